The number of methoxy groups -OCH3 is 1. The molecule has 7 nitrogen and oxygen atoms in total. The lowest BCUT2D eigenvalue weighted by atomic mass is 10.1. The molecule has 1 aliphatic rings. The highest BCUT2D eigenvalue weighted by Gasteiger charge is 2.26. The van der Waals surface area contributed by atoms with E-state index in [-0.39, 0.29) is 0 Å². The molecule has 1 heterocycles. The average molecular weight is 333 g/mol. The van der Waals surface area contributed by atoms with E-state index in [4.69, 9.17) is 4.74 Å². The highest BCUT2D eigenvalue weighted by Crippen LogP contribution is 2.11. The Bertz CT molecular complexity index is 600. The van der Waals surface area contributed by atoms with E-state index in [0.29, 0.717) is 38.3 Å². The molecule has 0 atom stereocenters. The Morgan fingerprint density at radius 2 is 1.67 bits per heavy atom. The predicted octanol–water partition coefficient (Wildman–Crippen LogP) is 1.49. The first kappa shape index (κ1) is 17.8. The number of anilines is 1. The molecule has 1 fully saturated rings. The van der Waals surface area contributed by atoms with Crippen LogP contribution in [0.4, 0.5) is 10.5 Å². The minimum Gasteiger partial charge on any atom is -0.453 e. The van der Waals surface area contributed by atoms with Gasteiger partial charge in [0.2, 0.25) is 0 Å². The zero-order valence-corrected chi connectivity index (χ0v) is 14.1. The number of carbonyl (C=O) groups is 3. The van der Waals surface area contributed by atoms with Gasteiger partial charge in [0.25, 0.3) is 0 Å². The summed E-state index contributed by atoms with van der Waals surface area (Å²) in [4.78, 5) is 39.0. The summed E-state index contributed by atoms with van der Waals surface area (Å²) in [5.74, 6) is -1.24. The van der Waals surface area contributed by atoms with E-state index in [2.05, 4.69) is 5.32 Å². The van der Waals surface area contributed by atoms with Gasteiger partial charge in [0.1, 0.15) is 0 Å². The monoisotopic (exact) mass is 333 g/mol. The van der Waals surface area contributed by atoms with Crippen molar-refractivity contribution in [2.45, 2.75) is 19.8 Å². The van der Waals surface area contributed by atoms with Gasteiger partial charge in [-0.1, -0.05) is 19.1 Å². The molecule has 24 heavy (non-hydrogen) atoms. The van der Waals surface area contributed by atoms with Crippen LogP contribution in [0.5, 0.6) is 0 Å². The molecule has 1 aliphatic heterocycles. The third-order valence-electron chi connectivity index (χ3n) is 4.03. The number of rotatable bonds is 2. The van der Waals surface area contributed by atoms with Gasteiger partial charge in [-0.05, 0) is 30.5 Å². The van der Waals surface area contributed by atoms with Crippen molar-refractivity contribution in [3.8, 4) is 0 Å². The topological polar surface area (TPSA) is 79.0 Å². The van der Waals surface area contributed by atoms with E-state index in [9.17, 15) is 14.4 Å². The van der Waals surface area contributed by atoms with Crippen molar-refractivity contribution in [3.63, 3.8) is 0 Å². The summed E-state index contributed by atoms with van der Waals surface area (Å²) in [6.07, 6.45) is 1.11. The lowest BCUT2D eigenvalue weighted by Gasteiger charge is -2.20. The normalized spacial score (nSPS) is 14.8. The van der Waals surface area contributed by atoms with Crippen LogP contribution in [0.25, 0.3) is 0 Å². The molecule has 0 aromatic heterocycles. The number of amides is 3. The Labute approximate surface area is 141 Å². The van der Waals surface area contributed by atoms with Crippen LogP contribution in [0.2, 0.25) is 0 Å². The van der Waals surface area contributed by atoms with Gasteiger partial charge in [-0.3, -0.25) is 9.59 Å². The van der Waals surface area contributed by atoms with E-state index in [1.807, 2.05) is 19.1 Å². The summed E-state index contributed by atoms with van der Waals surface area (Å²) >= 11 is 0. The highest BCUT2D eigenvalue weighted by molar-refractivity contribution is 6.39. The van der Waals surface area contributed by atoms with Gasteiger partial charge in [-0.2, -0.15) is 0 Å². The Balaban J connectivity index is 1.92. The summed E-state index contributed by atoms with van der Waals surface area (Å²) in [5, 5.41) is 2.62. The van der Waals surface area contributed by atoms with Gasteiger partial charge in [0, 0.05) is 31.9 Å². The van der Waals surface area contributed by atoms with Crippen molar-refractivity contribution >= 4 is 23.6 Å². The third-order valence-corrected chi connectivity index (χ3v) is 4.03. The van der Waals surface area contributed by atoms with Crippen LogP contribution >= 0.6 is 0 Å². The van der Waals surface area contributed by atoms with Crippen molar-refractivity contribution in [2.75, 3.05) is 38.6 Å². The molecule has 0 radical (unpaired) electrons. The van der Waals surface area contributed by atoms with Crippen molar-refractivity contribution in [1.82, 2.24) is 9.80 Å². The highest BCUT2D eigenvalue weighted by atomic mass is 16.5. The molecule has 1 aromatic carbocycles. The van der Waals surface area contributed by atoms with Crippen LogP contribution in [0.1, 0.15) is 18.9 Å². The molecule has 1 saturated heterocycles. The number of carbonyl (C=O) groups excluding carboxylic acids is 3. The Morgan fingerprint density at radius 1 is 1.04 bits per heavy atom. The molecule has 0 bridgehead atoms. The zero-order valence-electron chi connectivity index (χ0n) is 14.1. The second-order valence-electron chi connectivity index (χ2n) is 5.61. The summed E-state index contributed by atoms with van der Waals surface area (Å²) in [6.45, 7) is 3.67. The SMILES string of the molecule is CCc1ccc(NC(=O)C(=O)N2CCCN(C(=O)OC)CC2)cc1. The fourth-order valence-corrected chi connectivity index (χ4v) is 2.58. The van der Waals surface area contributed by atoms with Crippen molar-refractivity contribution in [2.24, 2.45) is 0 Å². The van der Waals surface area contributed by atoms with E-state index in [1.54, 1.807) is 12.1 Å². The molecule has 0 unspecified atom stereocenters. The number of hydrogen-bond donors (Lipinski definition) is 1. The molecule has 0 spiro atoms. The van der Waals surface area contributed by atoms with Gasteiger partial charge in [-0.15, -0.1) is 0 Å². The third kappa shape index (κ3) is 4.47. The van der Waals surface area contributed by atoms with Crippen LogP contribution < -0.4 is 5.32 Å². The van der Waals surface area contributed by atoms with Gasteiger partial charge in [0.05, 0.1) is 7.11 Å². The smallest absolute Gasteiger partial charge is 0.409 e. The largest absolute Gasteiger partial charge is 0.453 e. The fraction of sp³-hybridized carbons (Fsp3) is 0.471. The average Bonchev–Trinajstić information content (AvgIpc) is 2.87. The van der Waals surface area contributed by atoms with Crippen LogP contribution in [-0.4, -0.2) is 61.0 Å². The zero-order chi connectivity index (χ0) is 17.5. The maximum Gasteiger partial charge on any atom is 0.409 e. The quantitative estimate of drug-likeness (QED) is 0.832. The molecule has 7 heteroatoms. The van der Waals surface area contributed by atoms with E-state index in [1.165, 1.54) is 16.9 Å². The maximum atomic E-state index is 12.3. The number of hydrogen-bond acceptors (Lipinski definition) is 4. The number of ether oxygens (including phenoxy) is 1. The Hall–Kier alpha value is -2.57. The first-order valence-electron chi connectivity index (χ1n) is 8.07. The maximum absolute atomic E-state index is 12.3. The number of nitrogens with zero attached hydrogens (tertiary/aromatic N) is 2. The Kier molecular flexibility index (Phi) is 6.17. The molecule has 0 aliphatic carbocycles. The molecule has 3 amide bonds. The summed E-state index contributed by atoms with van der Waals surface area (Å²) in [5.41, 5.74) is 1.76. The minimum absolute atomic E-state index is 0.316. The van der Waals surface area contributed by atoms with Crippen molar-refractivity contribution < 1.29 is 19.1 Å². The molecule has 1 N–H and O–H groups in total. The van der Waals surface area contributed by atoms with E-state index in [0.717, 1.165) is 12.0 Å². The molecule has 2 rings (SSSR count). The van der Waals surface area contributed by atoms with Gasteiger partial charge < -0.3 is 19.9 Å². The lowest BCUT2D eigenvalue weighted by Crippen LogP contribution is -2.42. The van der Waals surface area contributed by atoms with E-state index >= 15 is 0 Å². The van der Waals surface area contributed by atoms with Crippen LogP contribution in [0.3, 0.4) is 0 Å². The number of aryl methyl sites for hydroxylation is 1. The number of benzene rings is 1. The minimum atomic E-state index is -0.661. The van der Waals surface area contributed by atoms with Crippen molar-refractivity contribution in [1.29, 1.82) is 0 Å². The van der Waals surface area contributed by atoms with E-state index < -0.39 is 17.9 Å². The first-order valence-corrected chi connectivity index (χ1v) is 8.07. The fourth-order valence-electron chi connectivity index (χ4n) is 2.58. The first-order chi connectivity index (χ1) is 11.5. The van der Waals surface area contributed by atoms with Crippen LogP contribution in [0, 0.1) is 0 Å². The molecular weight excluding hydrogens is 310 g/mol. The summed E-state index contributed by atoms with van der Waals surface area (Å²) in [7, 11) is 1.33. The van der Waals surface area contributed by atoms with Crippen LogP contribution in [-0.2, 0) is 20.7 Å². The van der Waals surface area contributed by atoms with Crippen molar-refractivity contribution in [3.05, 3.63) is 29.8 Å². The summed E-state index contributed by atoms with van der Waals surface area (Å²) in [6, 6.07) is 7.40. The second kappa shape index (κ2) is 8.33. The van der Waals surface area contributed by atoms with Gasteiger partial charge >= 0.3 is 17.9 Å². The standard InChI is InChI=1S/C17H23N3O4/c1-3-13-5-7-14(8-6-13)18-15(21)16(22)19-9-4-10-20(12-11-19)17(23)24-2/h5-8H,3-4,9-12H2,1-2H3,(H,18,21). The lowest BCUT2D eigenvalue weighted by molar-refractivity contribution is -0.143. The molecule has 130 valence electrons. The molecule has 1 aromatic rings. The van der Waals surface area contributed by atoms with Crippen LogP contribution in [0.15, 0.2) is 24.3 Å². The Morgan fingerprint density at radius 3 is 2.29 bits per heavy atom. The van der Waals surface area contributed by atoms with Gasteiger partial charge in [0.15, 0.2) is 0 Å². The predicted molar refractivity (Wildman–Crippen MR) is 89.6 cm³/mol. The van der Waals surface area contributed by atoms with Gasteiger partial charge in [-0.25, -0.2) is 4.79 Å². The molecule has 0 saturated carbocycles. The number of nitrogens with one attached hydrogen (secondary N) is 1. The second-order valence-corrected chi connectivity index (χ2v) is 5.61. The summed E-state index contributed by atoms with van der Waals surface area (Å²) < 4.78 is 4.69. The molecular formula is C17H23N3O4.